The van der Waals surface area contributed by atoms with Crippen LogP contribution >= 0.6 is 0 Å². The van der Waals surface area contributed by atoms with Gasteiger partial charge in [0.05, 0.1) is 23.5 Å². The van der Waals surface area contributed by atoms with Crippen LogP contribution in [-0.4, -0.2) is 43.0 Å². The molecule has 0 heterocycles. The van der Waals surface area contributed by atoms with E-state index in [0.717, 1.165) is 7.11 Å². The third-order valence-electron chi connectivity index (χ3n) is 2.83. The molecule has 0 fully saturated rings. The SMILES string of the molecule is COC(=O)[C@H](OC(=O)C(C)(C)C)[C@H](OC(=O)C(C)(C)C)OC(C)(C)C. The van der Waals surface area contributed by atoms with E-state index in [1.54, 1.807) is 62.3 Å². The van der Waals surface area contributed by atoms with Gasteiger partial charge < -0.3 is 18.9 Å². The third-order valence-corrected chi connectivity index (χ3v) is 2.83. The van der Waals surface area contributed by atoms with Crippen LogP contribution in [0.2, 0.25) is 0 Å². The lowest BCUT2D eigenvalue weighted by Gasteiger charge is -2.33. The monoisotopic (exact) mass is 360 g/mol. The van der Waals surface area contributed by atoms with E-state index < -0.39 is 46.7 Å². The van der Waals surface area contributed by atoms with E-state index in [2.05, 4.69) is 0 Å². The molecule has 0 aliphatic carbocycles. The first-order chi connectivity index (χ1) is 11.0. The second-order valence-corrected chi connectivity index (χ2v) is 8.85. The first-order valence-electron chi connectivity index (χ1n) is 8.17. The molecule has 0 bridgehead atoms. The van der Waals surface area contributed by atoms with Crippen molar-refractivity contribution in [3.63, 3.8) is 0 Å². The maximum atomic E-state index is 12.3. The van der Waals surface area contributed by atoms with Crippen LogP contribution in [0.4, 0.5) is 0 Å². The maximum absolute atomic E-state index is 12.3. The Kier molecular flexibility index (Phi) is 7.63. The highest BCUT2D eigenvalue weighted by atomic mass is 16.7. The van der Waals surface area contributed by atoms with E-state index in [1.165, 1.54) is 0 Å². The normalized spacial score (nSPS) is 15.1. The molecule has 0 aromatic rings. The standard InChI is InChI=1S/C18H32O7/c1-16(2,3)14(20)23-11(12(19)22-10)13(25-18(7,8)9)24-15(21)17(4,5)6/h11,13H,1-10H3/t11-,13+/m0/s1. The summed E-state index contributed by atoms with van der Waals surface area (Å²) in [5, 5.41) is 0. The Bertz CT molecular complexity index is 489. The summed E-state index contributed by atoms with van der Waals surface area (Å²) in [4.78, 5) is 36.6. The first-order valence-corrected chi connectivity index (χ1v) is 8.17. The Hall–Kier alpha value is -1.63. The Morgan fingerprint density at radius 2 is 1.12 bits per heavy atom. The second kappa shape index (κ2) is 8.17. The van der Waals surface area contributed by atoms with Crippen LogP contribution in [-0.2, 0) is 33.3 Å². The summed E-state index contributed by atoms with van der Waals surface area (Å²) in [5.74, 6) is -2.10. The van der Waals surface area contributed by atoms with E-state index in [0.29, 0.717) is 0 Å². The van der Waals surface area contributed by atoms with E-state index in [-0.39, 0.29) is 0 Å². The van der Waals surface area contributed by atoms with Gasteiger partial charge in [0.15, 0.2) is 0 Å². The zero-order chi connectivity index (χ0) is 20.2. The topological polar surface area (TPSA) is 88.1 Å². The Morgan fingerprint density at radius 3 is 1.44 bits per heavy atom. The highest BCUT2D eigenvalue weighted by Crippen LogP contribution is 2.24. The van der Waals surface area contributed by atoms with E-state index >= 15 is 0 Å². The van der Waals surface area contributed by atoms with Crippen molar-refractivity contribution in [2.45, 2.75) is 80.3 Å². The van der Waals surface area contributed by atoms with Gasteiger partial charge in [0, 0.05) is 0 Å². The fourth-order valence-electron chi connectivity index (χ4n) is 1.40. The first kappa shape index (κ1) is 23.4. The fourth-order valence-corrected chi connectivity index (χ4v) is 1.40. The maximum Gasteiger partial charge on any atom is 0.353 e. The van der Waals surface area contributed by atoms with Crippen LogP contribution in [0.5, 0.6) is 0 Å². The Morgan fingerprint density at radius 1 is 0.720 bits per heavy atom. The molecule has 0 aliphatic heterocycles. The van der Waals surface area contributed by atoms with E-state index in [9.17, 15) is 14.4 Å². The van der Waals surface area contributed by atoms with Crippen LogP contribution in [0, 0.1) is 10.8 Å². The third kappa shape index (κ3) is 8.34. The molecule has 0 saturated heterocycles. The largest absolute Gasteiger partial charge is 0.466 e. The number of hydrogen-bond donors (Lipinski definition) is 0. The molecule has 25 heavy (non-hydrogen) atoms. The van der Waals surface area contributed by atoms with Crippen molar-refractivity contribution in [2.24, 2.45) is 10.8 Å². The second-order valence-electron chi connectivity index (χ2n) is 8.85. The number of methoxy groups -OCH3 is 1. The highest BCUT2D eigenvalue weighted by molar-refractivity contribution is 5.82. The van der Waals surface area contributed by atoms with Crippen LogP contribution in [0.3, 0.4) is 0 Å². The van der Waals surface area contributed by atoms with Gasteiger partial charge in [0.2, 0.25) is 0 Å². The quantitative estimate of drug-likeness (QED) is 0.423. The van der Waals surface area contributed by atoms with Gasteiger partial charge in [0.1, 0.15) is 0 Å². The van der Waals surface area contributed by atoms with Gasteiger partial charge in [-0.15, -0.1) is 0 Å². The number of esters is 3. The van der Waals surface area contributed by atoms with Crippen molar-refractivity contribution < 1.29 is 33.3 Å². The van der Waals surface area contributed by atoms with Crippen molar-refractivity contribution in [3.05, 3.63) is 0 Å². The van der Waals surface area contributed by atoms with Crippen LogP contribution < -0.4 is 0 Å². The minimum Gasteiger partial charge on any atom is -0.466 e. The van der Waals surface area contributed by atoms with Crippen LogP contribution in [0.15, 0.2) is 0 Å². The summed E-state index contributed by atoms with van der Waals surface area (Å²) >= 11 is 0. The average Bonchev–Trinajstić information content (AvgIpc) is 2.39. The van der Waals surface area contributed by atoms with Gasteiger partial charge in [-0.2, -0.15) is 0 Å². The summed E-state index contributed by atoms with van der Waals surface area (Å²) in [6.07, 6.45) is -2.95. The summed E-state index contributed by atoms with van der Waals surface area (Å²) < 4.78 is 21.0. The Labute approximate surface area is 150 Å². The molecule has 0 amide bonds. The molecule has 2 atom stereocenters. The van der Waals surface area contributed by atoms with Crippen LogP contribution in [0.25, 0.3) is 0 Å². The smallest absolute Gasteiger partial charge is 0.353 e. The molecule has 0 saturated carbocycles. The fraction of sp³-hybridized carbons (Fsp3) is 0.833. The molecule has 0 radical (unpaired) electrons. The highest BCUT2D eigenvalue weighted by Gasteiger charge is 2.42. The number of hydrogen-bond acceptors (Lipinski definition) is 7. The van der Waals surface area contributed by atoms with E-state index in [4.69, 9.17) is 18.9 Å². The lowest BCUT2D eigenvalue weighted by atomic mass is 9.97. The molecule has 0 aromatic carbocycles. The lowest BCUT2D eigenvalue weighted by molar-refractivity contribution is -0.246. The van der Waals surface area contributed by atoms with Crippen molar-refractivity contribution in [3.8, 4) is 0 Å². The van der Waals surface area contributed by atoms with Gasteiger partial charge >= 0.3 is 17.9 Å². The molecule has 146 valence electrons. The minimum atomic E-state index is -1.53. The number of ether oxygens (including phenoxy) is 4. The molecule has 0 spiro atoms. The minimum absolute atomic E-state index is 0.595. The van der Waals surface area contributed by atoms with E-state index in [1.807, 2.05) is 0 Å². The van der Waals surface area contributed by atoms with Crippen molar-refractivity contribution in [1.82, 2.24) is 0 Å². The van der Waals surface area contributed by atoms with Crippen LogP contribution in [0.1, 0.15) is 62.3 Å². The molecule has 7 nitrogen and oxygen atoms in total. The summed E-state index contributed by atoms with van der Waals surface area (Å²) in [6.45, 7) is 15.1. The molecular weight excluding hydrogens is 328 g/mol. The molecule has 0 unspecified atom stereocenters. The number of carbonyl (C=O) groups excluding carboxylic acids is 3. The molecule has 0 aromatic heterocycles. The number of rotatable bonds is 5. The molecule has 0 N–H and O–H groups in total. The Balaban J connectivity index is 5.71. The zero-order valence-corrected chi connectivity index (χ0v) is 17.0. The summed E-state index contributed by atoms with van der Waals surface area (Å²) in [5.41, 5.74) is -2.44. The average molecular weight is 360 g/mol. The van der Waals surface area contributed by atoms with Crippen molar-refractivity contribution in [1.29, 1.82) is 0 Å². The zero-order valence-electron chi connectivity index (χ0n) is 17.0. The van der Waals surface area contributed by atoms with Gasteiger partial charge in [-0.25, -0.2) is 4.79 Å². The molecule has 7 heteroatoms. The van der Waals surface area contributed by atoms with Crippen molar-refractivity contribution >= 4 is 17.9 Å². The van der Waals surface area contributed by atoms with Crippen molar-refractivity contribution in [2.75, 3.05) is 7.11 Å². The number of carbonyl (C=O) groups is 3. The predicted molar refractivity (Wildman–Crippen MR) is 91.5 cm³/mol. The van der Waals surface area contributed by atoms with Gasteiger partial charge in [0.25, 0.3) is 12.4 Å². The van der Waals surface area contributed by atoms with Gasteiger partial charge in [-0.05, 0) is 62.3 Å². The predicted octanol–water partition coefficient (Wildman–Crippen LogP) is 2.85. The summed E-state index contributed by atoms with van der Waals surface area (Å²) in [6, 6.07) is 0. The van der Waals surface area contributed by atoms with Gasteiger partial charge in [-0.1, -0.05) is 0 Å². The molecule has 0 rings (SSSR count). The molecular formula is C18H32O7. The summed E-state index contributed by atoms with van der Waals surface area (Å²) in [7, 11) is 1.15. The lowest BCUT2D eigenvalue weighted by Crippen LogP contribution is -2.48. The van der Waals surface area contributed by atoms with Gasteiger partial charge in [-0.3, -0.25) is 9.59 Å². The molecule has 0 aliphatic rings.